The van der Waals surface area contributed by atoms with Gasteiger partial charge < -0.3 is 4.98 Å². The Labute approximate surface area is 128 Å². The number of hydrogen-bond donors (Lipinski definition) is 1. The molecule has 0 aliphatic rings. The van der Waals surface area contributed by atoms with E-state index in [1.165, 1.54) is 28.3 Å². The number of fused-ring (bicyclic) bond motifs is 1. The van der Waals surface area contributed by atoms with Crippen LogP contribution in [0.2, 0.25) is 5.15 Å². The van der Waals surface area contributed by atoms with Gasteiger partial charge in [-0.25, -0.2) is 9.97 Å². The highest BCUT2D eigenvalue weighted by molar-refractivity contribution is 7.18. The van der Waals surface area contributed by atoms with Gasteiger partial charge in [-0.3, -0.25) is 14.2 Å². The van der Waals surface area contributed by atoms with Crippen molar-refractivity contribution < 1.29 is 0 Å². The molecule has 0 aromatic carbocycles. The summed E-state index contributed by atoms with van der Waals surface area (Å²) in [5.74, 6) is 0.417. The normalized spacial score (nSPS) is 11.2. The fraction of sp³-hybridized carbons (Fsp3) is 0.231. The summed E-state index contributed by atoms with van der Waals surface area (Å²) < 4.78 is 1.34. The molecule has 0 radical (unpaired) electrons. The van der Waals surface area contributed by atoms with E-state index in [4.69, 9.17) is 11.6 Å². The Morgan fingerprint density at radius 3 is 2.86 bits per heavy atom. The Kier molecular flexibility index (Phi) is 3.38. The number of aromatic amines is 1. The molecule has 0 saturated carbocycles. The second kappa shape index (κ2) is 5.09. The quantitative estimate of drug-likeness (QED) is 0.730. The van der Waals surface area contributed by atoms with Gasteiger partial charge in [-0.15, -0.1) is 11.3 Å². The van der Waals surface area contributed by atoms with Gasteiger partial charge in [-0.2, -0.15) is 0 Å². The van der Waals surface area contributed by atoms with Crippen molar-refractivity contribution in [2.75, 3.05) is 0 Å². The minimum Gasteiger partial charge on any atom is -0.308 e. The van der Waals surface area contributed by atoms with Crippen molar-refractivity contribution in [3.05, 3.63) is 54.5 Å². The predicted molar refractivity (Wildman–Crippen MR) is 82.3 cm³/mol. The number of thiophene rings is 1. The van der Waals surface area contributed by atoms with Crippen molar-refractivity contribution in [3.63, 3.8) is 0 Å². The zero-order valence-electron chi connectivity index (χ0n) is 11.3. The minimum absolute atomic E-state index is 0.137. The van der Waals surface area contributed by atoms with Gasteiger partial charge in [0.05, 0.1) is 18.3 Å². The molecule has 0 aliphatic carbocycles. The van der Waals surface area contributed by atoms with E-state index in [1.54, 1.807) is 0 Å². The molecule has 8 heteroatoms. The Balaban J connectivity index is 2.09. The van der Waals surface area contributed by atoms with E-state index in [0.717, 1.165) is 10.4 Å². The standard InChI is InChI=1S/C13H11ClN4O2S/c1-6-7(2)21-13-11(6)12(20)16-9(17-13)4-18-5-15-8(14)3-10(18)19/h3,5H,4H2,1-2H3,(H,16,17,20). The highest BCUT2D eigenvalue weighted by Crippen LogP contribution is 2.25. The lowest BCUT2D eigenvalue weighted by molar-refractivity contribution is 0.698. The van der Waals surface area contributed by atoms with Crippen LogP contribution in [0.15, 0.2) is 22.0 Å². The van der Waals surface area contributed by atoms with E-state index < -0.39 is 0 Å². The van der Waals surface area contributed by atoms with Gasteiger partial charge >= 0.3 is 0 Å². The van der Waals surface area contributed by atoms with Gasteiger partial charge in [0.1, 0.15) is 15.8 Å². The fourth-order valence-electron chi connectivity index (χ4n) is 2.06. The van der Waals surface area contributed by atoms with Gasteiger partial charge in [-0.1, -0.05) is 11.6 Å². The van der Waals surface area contributed by atoms with E-state index in [9.17, 15) is 9.59 Å². The van der Waals surface area contributed by atoms with Crippen LogP contribution in [0.4, 0.5) is 0 Å². The fourth-order valence-corrected chi connectivity index (χ4v) is 3.24. The number of hydrogen-bond acceptors (Lipinski definition) is 5. The monoisotopic (exact) mass is 322 g/mol. The average molecular weight is 323 g/mol. The molecule has 3 aromatic rings. The van der Waals surface area contributed by atoms with Crippen LogP contribution >= 0.6 is 22.9 Å². The topological polar surface area (TPSA) is 80.6 Å². The molecule has 0 bridgehead atoms. The van der Waals surface area contributed by atoms with Crippen LogP contribution in [0.25, 0.3) is 10.2 Å². The third-order valence-corrected chi connectivity index (χ3v) is 4.56. The Morgan fingerprint density at radius 1 is 1.38 bits per heavy atom. The van der Waals surface area contributed by atoms with Gasteiger partial charge in [-0.05, 0) is 19.4 Å². The first-order valence-corrected chi connectivity index (χ1v) is 7.36. The lowest BCUT2D eigenvalue weighted by atomic mass is 10.2. The lowest BCUT2D eigenvalue weighted by Gasteiger charge is -2.04. The smallest absolute Gasteiger partial charge is 0.259 e. The molecule has 0 aliphatic heterocycles. The molecular formula is C13H11ClN4O2S. The largest absolute Gasteiger partial charge is 0.308 e. The lowest BCUT2D eigenvalue weighted by Crippen LogP contribution is -2.22. The molecule has 1 N–H and O–H groups in total. The molecule has 0 saturated heterocycles. The Hall–Kier alpha value is -1.99. The summed E-state index contributed by atoms with van der Waals surface area (Å²) in [5, 5.41) is 0.750. The van der Waals surface area contributed by atoms with Crippen LogP contribution in [0, 0.1) is 13.8 Å². The first kappa shape index (κ1) is 14.0. The van der Waals surface area contributed by atoms with Crippen LogP contribution in [0.3, 0.4) is 0 Å². The molecule has 108 valence electrons. The molecule has 0 fully saturated rings. The van der Waals surface area contributed by atoms with Gasteiger partial charge in [0, 0.05) is 10.9 Å². The summed E-state index contributed by atoms with van der Waals surface area (Å²) >= 11 is 7.12. The Bertz CT molecular complexity index is 957. The summed E-state index contributed by atoms with van der Waals surface area (Å²) in [5.41, 5.74) is 0.462. The second-order valence-corrected chi connectivity index (χ2v) is 6.24. The number of nitrogens with zero attached hydrogens (tertiary/aromatic N) is 3. The molecule has 3 heterocycles. The van der Waals surface area contributed by atoms with Crippen LogP contribution in [0.5, 0.6) is 0 Å². The molecule has 3 aromatic heterocycles. The summed E-state index contributed by atoms with van der Waals surface area (Å²) in [6.45, 7) is 4.00. The predicted octanol–water partition coefficient (Wildman–Crippen LogP) is 1.86. The minimum atomic E-state index is -0.295. The summed E-state index contributed by atoms with van der Waals surface area (Å²) in [6, 6.07) is 1.22. The zero-order chi connectivity index (χ0) is 15.1. The molecule has 0 atom stereocenters. The number of aromatic nitrogens is 4. The molecule has 0 spiro atoms. The van der Waals surface area contributed by atoms with E-state index in [0.29, 0.717) is 16.0 Å². The van der Waals surface area contributed by atoms with Crippen molar-refractivity contribution in [3.8, 4) is 0 Å². The number of H-pyrrole nitrogens is 1. The van der Waals surface area contributed by atoms with Gasteiger partial charge in [0.15, 0.2) is 0 Å². The molecular weight excluding hydrogens is 312 g/mol. The molecule has 0 amide bonds. The highest BCUT2D eigenvalue weighted by atomic mass is 35.5. The maximum Gasteiger partial charge on any atom is 0.259 e. The third kappa shape index (κ3) is 2.50. The van der Waals surface area contributed by atoms with Crippen LogP contribution in [-0.4, -0.2) is 19.5 Å². The summed E-state index contributed by atoms with van der Waals surface area (Å²) in [7, 11) is 0. The SMILES string of the molecule is Cc1sc2nc(Cn3cnc(Cl)cc3=O)[nH]c(=O)c2c1C. The zero-order valence-corrected chi connectivity index (χ0v) is 12.9. The number of rotatable bonds is 2. The number of halogens is 1. The van der Waals surface area contributed by atoms with Crippen LogP contribution < -0.4 is 11.1 Å². The van der Waals surface area contributed by atoms with Gasteiger partial charge in [0.2, 0.25) is 0 Å². The van der Waals surface area contributed by atoms with E-state index >= 15 is 0 Å². The maximum atomic E-state index is 12.1. The van der Waals surface area contributed by atoms with Gasteiger partial charge in [0.25, 0.3) is 11.1 Å². The van der Waals surface area contributed by atoms with Crippen molar-refractivity contribution in [2.24, 2.45) is 0 Å². The number of nitrogens with one attached hydrogen (secondary N) is 1. The first-order chi connectivity index (χ1) is 9.95. The summed E-state index contributed by atoms with van der Waals surface area (Å²) in [6.07, 6.45) is 1.33. The van der Waals surface area contributed by atoms with Crippen molar-refractivity contribution in [1.29, 1.82) is 0 Å². The van der Waals surface area contributed by atoms with E-state index in [2.05, 4.69) is 15.0 Å². The summed E-state index contributed by atoms with van der Waals surface area (Å²) in [4.78, 5) is 36.6. The average Bonchev–Trinajstić information content (AvgIpc) is 2.69. The molecule has 3 rings (SSSR count). The molecule has 0 unspecified atom stereocenters. The van der Waals surface area contributed by atoms with Crippen molar-refractivity contribution in [1.82, 2.24) is 19.5 Å². The van der Waals surface area contributed by atoms with Crippen LogP contribution in [-0.2, 0) is 6.54 Å². The first-order valence-electron chi connectivity index (χ1n) is 6.16. The Morgan fingerprint density at radius 2 is 2.14 bits per heavy atom. The van der Waals surface area contributed by atoms with Crippen molar-refractivity contribution in [2.45, 2.75) is 20.4 Å². The molecule has 6 nitrogen and oxygen atoms in total. The second-order valence-electron chi connectivity index (χ2n) is 4.65. The highest BCUT2D eigenvalue weighted by Gasteiger charge is 2.12. The van der Waals surface area contributed by atoms with E-state index in [-0.39, 0.29) is 22.8 Å². The van der Waals surface area contributed by atoms with E-state index in [1.807, 2.05) is 13.8 Å². The van der Waals surface area contributed by atoms with Crippen molar-refractivity contribution >= 4 is 33.2 Å². The maximum absolute atomic E-state index is 12.1. The number of aryl methyl sites for hydroxylation is 2. The van der Waals surface area contributed by atoms with Crippen LogP contribution in [0.1, 0.15) is 16.3 Å². The molecule has 21 heavy (non-hydrogen) atoms. The third-order valence-electron chi connectivity index (χ3n) is 3.25.